The Hall–Kier alpha value is -2.53. The van der Waals surface area contributed by atoms with E-state index >= 15 is 0 Å². The van der Waals surface area contributed by atoms with Crippen LogP contribution in [0.2, 0.25) is 5.02 Å². The van der Waals surface area contributed by atoms with Gasteiger partial charge in [0.15, 0.2) is 0 Å². The largest absolute Gasteiger partial charge is 0.356 e. The fourth-order valence-electron chi connectivity index (χ4n) is 2.61. The Balaban J connectivity index is 1.57. The van der Waals surface area contributed by atoms with Crippen LogP contribution in [0.4, 0.5) is 0 Å². The first-order valence-corrected chi connectivity index (χ1v) is 8.15. The van der Waals surface area contributed by atoms with Crippen LogP contribution >= 0.6 is 11.6 Å². The van der Waals surface area contributed by atoms with E-state index in [0.29, 0.717) is 17.3 Å². The summed E-state index contributed by atoms with van der Waals surface area (Å²) in [6.07, 6.45) is 2.35. The summed E-state index contributed by atoms with van der Waals surface area (Å²) >= 11 is 5.79. The first-order valence-electron chi connectivity index (χ1n) is 7.77. The number of H-pyrrole nitrogens is 1. The number of hydrogen-bond donors (Lipinski definition) is 2. The Kier molecular flexibility index (Phi) is 4.71. The van der Waals surface area contributed by atoms with E-state index in [-0.39, 0.29) is 5.91 Å². The second kappa shape index (κ2) is 6.93. The maximum absolute atomic E-state index is 11.9. The van der Waals surface area contributed by atoms with E-state index in [1.165, 1.54) is 0 Å². The second-order valence-corrected chi connectivity index (χ2v) is 6.18. The molecule has 2 heterocycles. The summed E-state index contributed by atoms with van der Waals surface area (Å²) < 4.78 is 1.93. The minimum absolute atomic E-state index is 0.152. The molecule has 2 N–H and O–H groups in total. The number of halogens is 1. The van der Waals surface area contributed by atoms with Crippen LogP contribution in [0, 0.1) is 13.8 Å². The molecule has 0 aliphatic carbocycles. The number of benzene rings is 1. The molecule has 0 saturated heterocycles. The number of carbonyl (C=O) groups excluding carboxylic acids is 1. The molecule has 6 heteroatoms. The molecular weight excluding hydrogens is 324 g/mol. The lowest BCUT2D eigenvalue weighted by Gasteiger charge is -2.07. The maximum atomic E-state index is 11.9. The SMILES string of the molecule is Cc1cc(C)n(-c2ccc(CCNC(=O)c3cc(Cl)c[nH]3)cc2)n1. The van der Waals surface area contributed by atoms with Crippen LogP contribution in [0.1, 0.15) is 27.4 Å². The van der Waals surface area contributed by atoms with E-state index in [1.807, 2.05) is 30.7 Å². The van der Waals surface area contributed by atoms with Crippen molar-refractivity contribution in [3.63, 3.8) is 0 Å². The summed E-state index contributed by atoms with van der Waals surface area (Å²) in [4.78, 5) is 14.7. The average molecular weight is 343 g/mol. The van der Waals surface area contributed by atoms with Crippen LogP contribution in [0.15, 0.2) is 42.6 Å². The first-order chi connectivity index (χ1) is 11.5. The number of hydrogen-bond acceptors (Lipinski definition) is 2. The fraction of sp³-hybridized carbons (Fsp3) is 0.222. The molecule has 1 aromatic carbocycles. The molecule has 0 aliphatic heterocycles. The summed E-state index contributed by atoms with van der Waals surface area (Å²) in [6, 6.07) is 11.9. The normalized spacial score (nSPS) is 10.8. The smallest absolute Gasteiger partial charge is 0.267 e. The van der Waals surface area contributed by atoms with Crippen LogP contribution in [0.25, 0.3) is 5.69 Å². The monoisotopic (exact) mass is 342 g/mol. The molecule has 0 saturated carbocycles. The van der Waals surface area contributed by atoms with Crippen LogP contribution in [0.5, 0.6) is 0 Å². The van der Waals surface area contributed by atoms with Gasteiger partial charge in [-0.1, -0.05) is 23.7 Å². The Labute approximate surface area is 145 Å². The van der Waals surface area contributed by atoms with Gasteiger partial charge in [0.1, 0.15) is 5.69 Å². The quantitative estimate of drug-likeness (QED) is 0.746. The number of nitrogens with one attached hydrogen (secondary N) is 2. The number of rotatable bonds is 5. The van der Waals surface area contributed by atoms with Gasteiger partial charge in [-0.2, -0.15) is 5.10 Å². The zero-order valence-electron chi connectivity index (χ0n) is 13.6. The summed E-state index contributed by atoms with van der Waals surface area (Å²) in [7, 11) is 0. The lowest BCUT2D eigenvalue weighted by molar-refractivity contribution is 0.0950. The van der Waals surface area contributed by atoms with Crippen LogP contribution < -0.4 is 5.32 Å². The fourth-order valence-corrected chi connectivity index (χ4v) is 2.77. The molecule has 3 rings (SSSR count). The van der Waals surface area contributed by atoms with Gasteiger partial charge in [-0.05, 0) is 50.1 Å². The summed E-state index contributed by atoms with van der Waals surface area (Å²) in [6.45, 7) is 4.59. The van der Waals surface area contributed by atoms with Crippen LogP contribution in [-0.4, -0.2) is 27.2 Å². The Bertz CT molecular complexity index is 848. The molecule has 24 heavy (non-hydrogen) atoms. The summed E-state index contributed by atoms with van der Waals surface area (Å²) in [5, 5.41) is 7.88. The topological polar surface area (TPSA) is 62.7 Å². The van der Waals surface area contributed by atoms with Gasteiger partial charge >= 0.3 is 0 Å². The third kappa shape index (κ3) is 3.68. The molecule has 5 nitrogen and oxygen atoms in total. The van der Waals surface area contributed by atoms with Gasteiger partial charge in [0.05, 0.1) is 16.4 Å². The standard InChI is InChI=1S/C18H19ClN4O/c1-12-9-13(2)23(22-12)16-5-3-14(4-6-16)7-8-20-18(24)17-10-15(19)11-21-17/h3-6,9-11,21H,7-8H2,1-2H3,(H,20,24). The zero-order valence-corrected chi connectivity index (χ0v) is 14.4. The highest BCUT2D eigenvalue weighted by Gasteiger charge is 2.07. The Morgan fingerprint density at radius 2 is 2.00 bits per heavy atom. The van der Waals surface area contributed by atoms with E-state index < -0.39 is 0 Å². The number of amides is 1. The second-order valence-electron chi connectivity index (χ2n) is 5.74. The van der Waals surface area contributed by atoms with Gasteiger partial charge in [0.2, 0.25) is 0 Å². The van der Waals surface area contributed by atoms with Crippen molar-refractivity contribution in [3.8, 4) is 5.69 Å². The van der Waals surface area contributed by atoms with E-state index in [9.17, 15) is 4.79 Å². The van der Waals surface area contributed by atoms with E-state index in [2.05, 4.69) is 33.6 Å². The van der Waals surface area contributed by atoms with Crippen molar-refractivity contribution in [2.24, 2.45) is 0 Å². The molecule has 0 unspecified atom stereocenters. The molecular formula is C18H19ClN4O. The predicted molar refractivity (Wildman–Crippen MR) is 94.9 cm³/mol. The van der Waals surface area contributed by atoms with Crippen molar-refractivity contribution < 1.29 is 4.79 Å². The summed E-state index contributed by atoms with van der Waals surface area (Å²) in [5.74, 6) is -0.152. The minimum atomic E-state index is -0.152. The van der Waals surface area contributed by atoms with E-state index in [0.717, 1.165) is 29.1 Å². The average Bonchev–Trinajstić information content (AvgIpc) is 3.13. The third-order valence-corrected chi connectivity index (χ3v) is 4.00. The third-order valence-electron chi connectivity index (χ3n) is 3.78. The lowest BCUT2D eigenvalue weighted by atomic mass is 10.1. The molecule has 0 radical (unpaired) electrons. The van der Waals surface area contributed by atoms with Gasteiger partial charge < -0.3 is 10.3 Å². The molecule has 0 spiro atoms. The number of aromatic nitrogens is 3. The molecule has 0 bridgehead atoms. The van der Waals surface area contributed by atoms with Crippen molar-refractivity contribution in [3.05, 3.63) is 70.3 Å². The highest BCUT2D eigenvalue weighted by molar-refractivity contribution is 6.30. The van der Waals surface area contributed by atoms with Crippen molar-refractivity contribution in [1.82, 2.24) is 20.1 Å². The molecule has 1 amide bonds. The van der Waals surface area contributed by atoms with E-state index in [1.54, 1.807) is 12.3 Å². The molecule has 0 fully saturated rings. The van der Waals surface area contributed by atoms with Gasteiger partial charge in [-0.3, -0.25) is 4.79 Å². The lowest BCUT2D eigenvalue weighted by Crippen LogP contribution is -2.25. The van der Waals surface area contributed by atoms with Gasteiger partial charge in [0, 0.05) is 18.4 Å². The van der Waals surface area contributed by atoms with Crippen molar-refractivity contribution >= 4 is 17.5 Å². The summed E-state index contributed by atoms with van der Waals surface area (Å²) in [5.41, 5.74) is 4.78. The predicted octanol–water partition coefficient (Wildman–Crippen LogP) is 3.44. The van der Waals surface area contributed by atoms with Crippen molar-refractivity contribution in [2.45, 2.75) is 20.3 Å². The van der Waals surface area contributed by atoms with Gasteiger partial charge in [-0.25, -0.2) is 4.68 Å². The van der Waals surface area contributed by atoms with Crippen molar-refractivity contribution in [2.75, 3.05) is 6.54 Å². The molecule has 0 aliphatic rings. The van der Waals surface area contributed by atoms with E-state index in [4.69, 9.17) is 11.6 Å². The molecule has 0 atom stereocenters. The molecule has 124 valence electrons. The highest BCUT2D eigenvalue weighted by atomic mass is 35.5. The zero-order chi connectivity index (χ0) is 17.1. The van der Waals surface area contributed by atoms with Gasteiger partial charge in [-0.15, -0.1) is 0 Å². The molecule has 3 aromatic rings. The molecule has 2 aromatic heterocycles. The number of aryl methyl sites for hydroxylation is 2. The maximum Gasteiger partial charge on any atom is 0.267 e. The minimum Gasteiger partial charge on any atom is -0.356 e. The number of carbonyl (C=O) groups is 1. The van der Waals surface area contributed by atoms with Crippen LogP contribution in [-0.2, 0) is 6.42 Å². The number of nitrogens with zero attached hydrogens (tertiary/aromatic N) is 2. The Morgan fingerprint density at radius 3 is 2.58 bits per heavy atom. The van der Waals surface area contributed by atoms with Gasteiger partial charge in [0.25, 0.3) is 5.91 Å². The highest BCUT2D eigenvalue weighted by Crippen LogP contribution is 2.13. The van der Waals surface area contributed by atoms with Crippen LogP contribution in [0.3, 0.4) is 0 Å². The van der Waals surface area contributed by atoms with Crippen molar-refractivity contribution in [1.29, 1.82) is 0 Å². The Morgan fingerprint density at radius 1 is 1.25 bits per heavy atom. The first kappa shape index (κ1) is 16.3. The number of aromatic amines is 1.